The van der Waals surface area contributed by atoms with E-state index in [1.165, 1.54) is 10.8 Å². The molecule has 0 saturated carbocycles. The summed E-state index contributed by atoms with van der Waals surface area (Å²) in [6.07, 6.45) is 2.93. The fourth-order valence-electron chi connectivity index (χ4n) is 1.31. The summed E-state index contributed by atoms with van der Waals surface area (Å²) in [5.41, 5.74) is 1.36. The molecule has 0 saturated heterocycles. The van der Waals surface area contributed by atoms with Crippen LogP contribution in [-0.2, 0) is 6.42 Å². The van der Waals surface area contributed by atoms with E-state index in [0.717, 1.165) is 6.42 Å². The zero-order valence-corrected chi connectivity index (χ0v) is 9.80. The van der Waals surface area contributed by atoms with Crippen molar-refractivity contribution in [3.05, 3.63) is 42.5 Å². The molecule has 0 nitrogen and oxygen atoms in total. The Bertz CT molecular complexity index is 277. The lowest BCUT2D eigenvalue weighted by atomic mass is 10.2. The summed E-state index contributed by atoms with van der Waals surface area (Å²) in [4.78, 5) is 0. The molecule has 0 aliphatic heterocycles. The second-order valence-electron chi connectivity index (χ2n) is 4.44. The first-order valence-electron chi connectivity index (χ1n) is 4.74. The Balaban J connectivity index is 2.87. The lowest BCUT2D eigenvalue weighted by molar-refractivity contribution is 1.28. The highest BCUT2D eigenvalue weighted by atomic mass is 28.3. The number of benzene rings is 1. The van der Waals surface area contributed by atoms with E-state index in [1.807, 2.05) is 6.08 Å². The van der Waals surface area contributed by atoms with E-state index in [-0.39, 0.29) is 0 Å². The average Bonchev–Trinajstić information content (AvgIpc) is 2.04. The summed E-state index contributed by atoms with van der Waals surface area (Å²) < 4.78 is 0. The summed E-state index contributed by atoms with van der Waals surface area (Å²) in [5.74, 6) is 0. The van der Waals surface area contributed by atoms with Crippen LogP contribution in [-0.4, -0.2) is 8.07 Å². The van der Waals surface area contributed by atoms with Crippen LogP contribution in [0.1, 0.15) is 5.56 Å². The van der Waals surface area contributed by atoms with Crippen molar-refractivity contribution in [2.45, 2.75) is 26.1 Å². The molecule has 0 radical (unpaired) electrons. The number of rotatable bonds is 3. The van der Waals surface area contributed by atoms with Gasteiger partial charge in [0, 0.05) is 0 Å². The Kier molecular flexibility index (Phi) is 3.10. The van der Waals surface area contributed by atoms with E-state index in [0.29, 0.717) is 0 Å². The number of allylic oxidation sites excluding steroid dienone is 1. The highest BCUT2D eigenvalue weighted by molar-refractivity contribution is 6.88. The van der Waals surface area contributed by atoms with Crippen LogP contribution in [0.25, 0.3) is 0 Å². The van der Waals surface area contributed by atoms with Crippen molar-refractivity contribution < 1.29 is 0 Å². The molecule has 1 aromatic carbocycles. The summed E-state index contributed by atoms with van der Waals surface area (Å²) in [6.45, 7) is 10.8. The molecular weight excluding hydrogens is 172 g/mol. The van der Waals surface area contributed by atoms with E-state index in [4.69, 9.17) is 0 Å². The van der Waals surface area contributed by atoms with Gasteiger partial charge in [-0.05, 0) is 12.0 Å². The third kappa shape index (κ3) is 2.85. The van der Waals surface area contributed by atoms with Gasteiger partial charge in [0.15, 0.2) is 0 Å². The zero-order valence-electron chi connectivity index (χ0n) is 8.80. The van der Waals surface area contributed by atoms with Crippen molar-refractivity contribution in [2.24, 2.45) is 0 Å². The Hall–Kier alpha value is -0.823. The molecule has 1 rings (SSSR count). The normalized spacial score (nSPS) is 11.3. The van der Waals surface area contributed by atoms with E-state index >= 15 is 0 Å². The van der Waals surface area contributed by atoms with Gasteiger partial charge in [0.25, 0.3) is 0 Å². The third-order valence-corrected chi connectivity index (χ3v) is 4.27. The first-order chi connectivity index (χ1) is 6.04. The second kappa shape index (κ2) is 3.92. The summed E-state index contributed by atoms with van der Waals surface area (Å²) >= 11 is 0. The monoisotopic (exact) mass is 190 g/mol. The zero-order chi connectivity index (χ0) is 9.90. The molecule has 0 bridgehead atoms. The average molecular weight is 190 g/mol. The minimum absolute atomic E-state index is 0.978. The Morgan fingerprint density at radius 3 is 2.08 bits per heavy atom. The molecule has 0 heterocycles. The van der Waals surface area contributed by atoms with E-state index in [2.05, 4.69) is 50.5 Å². The summed E-state index contributed by atoms with van der Waals surface area (Å²) in [6, 6.07) is 8.97. The van der Waals surface area contributed by atoms with Gasteiger partial charge in [-0.15, -0.1) is 6.58 Å². The third-order valence-electron chi connectivity index (χ3n) is 2.20. The molecule has 0 N–H and O–H groups in total. The molecule has 1 heteroatoms. The highest BCUT2D eigenvalue weighted by Crippen LogP contribution is 2.05. The Morgan fingerprint density at radius 1 is 1.15 bits per heavy atom. The lowest BCUT2D eigenvalue weighted by Crippen LogP contribution is -2.37. The predicted octanol–water partition coefficient (Wildman–Crippen LogP) is 2.96. The van der Waals surface area contributed by atoms with Gasteiger partial charge in [0.2, 0.25) is 0 Å². The SMILES string of the molecule is C=CCc1ccc([Si](C)(C)C)cc1. The van der Waals surface area contributed by atoms with E-state index in [1.54, 1.807) is 0 Å². The number of hydrogen-bond acceptors (Lipinski definition) is 0. The molecule has 0 aliphatic rings. The quantitative estimate of drug-likeness (QED) is 0.508. The Labute approximate surface area is 82.3 Å². The van der Waals surface area contributed by atoms with Crippen molar-refractivity contribution in [3.8, 4) is 0 Å². The van der Waals surface area contributed by atoms with Crippen LogP contribution in [0, 0.1) is 0 Å². The van der Waals surface area contributed by atoms with Crippen molar-refractivity contribution in [1.82, 2.24) is 0 Å². The van der Waals surface area contributed by atoms with Crippen molar-refractivity contribution in [2.75, 3.05) is 0 Å². The van der Waals surface area contributed by atoms with Crippen molar-refractivity contribution in [3.63, 3.8) is 0 Å². The van der Waals surface area contributed by atoms with Gasteiger partial charge in [0.05, 0.1) is 8.07 Å². The van der Waals surface area contributed by atoms with Gasteiger partial charge >= 0.3 is 0 Å². The molecule has 0 fully saturated rings. The van der Waals surface area contributed by atoms with Crippen molar-refractivity contribution in [1.29, 1.82) is 0 Å². The van der Waals surface area contributed by atoms with Crippen LogP contribution in [0.15, 0.2) is 36.9 Å². The minimum atomic E-state index is -1.11. The van der Waals surface area contributed by atoms with Crippen LogP contribution in [0.3, 0.4) is 0 Å². The lowest BCUT2D eigenvalue weighted by Gasteiger charge is -2.16. The minimum Gasteiger partial charge on any atom is -0.103 e. The van der Waals surface area contributed by atoms with Crippen LogP contribution in [0.5, 0.6) is 0 Å². The van der Waals surface area contributed by atoms with Crippen LogP contribution >= 0.6 is 0 Å². The molecule has 13 heavy (non-hydrogen) atoms. The highest BCUT2D eigenvalue weighted by Gasteiger charge is 2.15. The standard InChI is InChI=1S/C12H18Si/c1-5-6-11-7-9-12(10-8-11)13(2,3)4/h5,7-10H,1,6H2,2-4H3. The van der Waals surface area contributed by atoms with E-state index < -0.39 is 8.07 Å². The summed E-state index contributed by atoms with van der Waals surface area (Å²) in [5, 5.41) is 1.53. The van der Waals surface area contributed by atoms with Gasteiger partial charge in [0.1, 0.15) is 0 Å². The molecule has 0 aromatic heterocycles. The van der Waals surface area contributed by atoms with Crippen LogP contribution in [0.2, 0.25) is 19.6 Å². The Morgan fingerprint density at radius 2 is 1.69 bits per heavy atom. The molecule has 0 unspecified atom stereocenters. The first kappa shape index (κ1) is 10.3. The second-order valence-corrected chi connectivity index (χ2v) is 9.52. The molecule has 1 aromatic rings. The molecule has 70 valence electrons. The molecule has 0 aliphatic carbocycles. The molecular formula is C12H18Si. The number of hydrogen-bond donors (Lipinski definition) is 0. The molecule has 0 atom stereocenters. The maximum Gasteiger partial charge on any atom is 0.0775 e. The van der Waals surface area contributed by atoms with Gasteiger partial charge in [-0.2, -0.15) is 0 Å². The molecule has 0 amide bonds. The van der Waals surface area contributed by atoms with Crippen LogP contribution in [0.4, 0.5) is 0 Å². The van der Waals surface area contributed by atoms with Gasteiger partial charge in [-0.1, -0.05) is 55.2 Å². The first-order valence-corrected chi connectivity index (χ1v) is 8.24. The van der Waals surface area contributed by atoms with E-state index in [9.17, 15) is 0 Å². The van der Waals surface area contributed by atoms with Crippen LogP contribution < -0.4 is 5.19 Å². The van der Waals surface area contributed by atoms with Gasteiger partial charge < -0.3 is 0 Å². The maximum absolute atomic E-state index is 3.74. The summed E-state index contributed by atoms with van der Waals surface area (Å²) in [7, 11) is -1.11. The van der Waals surface area contributed by atoms with Gasteiger partial charge in [-0.3, -0.25) is 0 Å². The largest absolute Gasteiger partial charge is 0.103 e. The molecule has 0 spiro atoms. The van der Waals surface area contributed by atoms with Gasteiger partial charge in [-0.25, -0.2) is 0 Å². The fourth-order valence-corrected chi connectivity index (χ4v) is 2.47. The fraction of sp³-hybridized carbons (Fsp3) is 0.333. The predicted molar refractivity (Wildman–Crippen MR) is 63.3 cm³/mol. The smallest absolute Gasteiger partial charge is 0.0775 e. The topological polar surface area (TPSA) is 0 Å². The maximum atomic E-state index is 3.74. The van der Waals surface area contributed by atoms with Crippen molar-refractivity contribution >= 4 is 13.3 Å².